The van der Waals surface area contributed by atoms with Crippen molar-refractivity contribution < 1.29 is 14.3 Å². The lowest BCUT2D eigenvalue weighted by Crippen LogP contribution is -2.49. The molecule has 2 aliphatic rings. The van der Waals surface area contributed by atoms with E-state index in [9.17, 15) is 4.79 Å². The maximum atomic E-state index is 13.2. The number of nitrogens with one attached hydrogen (secondary N) is 1. The Bertz CT molecular complexity index is 1190. The van der Waals surface area contributed by atoms with Crippen LogP contribution < -0.4 is 10.3 Å². The first kappa shape index (κ1) is 23.2. The van der Waals surface area contributed by atoms with Crippen LogP contribution in [0, 0.1) is 0 Å². The van der Waals surface area contributed by atoms with Crippen molar-refractivity contribution in [1.82, 2.24) is 24.8 Å². The molecule has 1 fully saturated rings. The van der Waals surface area contributed by atoms with E-state index >= 15 is 0 Å². The van der Waals surface area contributed by atoms with Crippen LogP contribution in [0.25, 0.3) is 11.0 Å². The summed E-state index contributed by atoms with van der Waals surface area (Å²) in [6.45, 7) is 9.35. The first-order valence-corrected chi connectivity index (χ1v) is 12.4. The van der Waals surface area contributed by atoms with Crippen molar-refractivity contribution >= 4 is 44.5 Å². The highest BCUT2D eigenvalue weighted by Gasteiger charge is 2.36. The van der Waals surface area contributed by atoms with Crippen LogP contribution in [-0.2, 0) is 20.8 Å². The molecule has 11 heteroatoms. The van der Waals surface area contributed by atoms with Crippen molar-refractivity contribution in [2.45, 2.75) is 26.3 Å². The van der Waals surface area contributed by atoms with E-state index in [0.717, 1.165) is 34.2 Å². The third-order valence-corrected chi connectivity index (χ3v) is 6.58. The molecule has 0 aliphatic carbocycles. The number of amides is 1. The van der Waals surface area contributed by atoms with Crippen molar-refractivity contribution in [2.24, 2.45) is 0 Å². The van der Waals surface area contributed by atoms with Gasteiger partial charge >= 0.3 is 0 Å². The van der Waals surface area contributed by atoms with Gasteiger partial charge in [-0.05, 0) is 37.6 Å². The summed E-state index contributed by atoms with van der Waals surface area (Å²) in [6.07, 6.45) is 1.92. The molecule has 4 heterocycles. The van der Waals surface area contributed by atoms with Gasteiger partial charge in [0.25, 0.3) is 0 Å². The Hall–Kier alpha value is -2.60. The van der Waals surface area contributed by atoms with Crippen molar-refractivity contribution in [3.63, 3.8) is 0 Å². The van der Waals surface area contributed by atoms with E-state index in [0.29, 0.717) is 56.8 Å². The molecule has 1 unspecified atom stereocenters. The van der Waals surface area contributed by atoms with Crippen LogP contribution in [0.1, 0.15) is 31.0 Å². The number of anilines is 2. The average Bonchev–Trinajstić information content (AvgIpc) is 3.39. The van der Waals surface area contributed by atoms with E-state index in [2.05, 4.69) is 38.2 Å². The minimum absolute atomic E-state index is 0.101. The summed E-state index contributed by atoms with van der Waals surface area (Å²) >= 11 is 3.55. The number of hydrogen-bond donors (Lipinski definition) is 1. The van der Waals surface area contributed by atoms with Gasteiger partial charge in [-0.3, -0.25) is 14.5 Å². The molecule has 1 aromatic carbocycles. The Kier molecular flexibility index (Phi) is 6.77. The van der Waals surface area contributed by atoms with Crippen molar-refractivity contribution in [2.75, 3.05) is 56.4 Å². The van der Waals surface area contributed by atoms with Crippen molar-refractivity contribution in [3.05, 3.63) is 40.1 Å². The second kappa shape index (κ2) is 9.95. The standard InChI is InChI=1S/C23H28BrN7O3/c1-3-31(30-8-11-34-12-9-30)23-26-20(17-14-29(7-10-33-4-2)28-21(17)27-23)19-16-13-15(24)5-6-18(16)25-22(19)32/h5-6,13-14,19H,3-4,7-12H2,1-2H3,(H,25,32). The number of morpholine rings is 1. The van der Waals surface area contributed by atoms with Gasteiger partial charge in [-0.2, -0.15) is 10.1 Å². The molecule has 2 aliphatic heterocycles. The zero-order chi connectivity index (χ0) is 23.7. The lowest BCUT2D eigenvalue weighted by Gasteiger charge is -2.36. The smallest absolute Gasteiger partial charge is 0.242 e. The maximum absolute atomic E-state index is 13.2. The number of carbonyl (C=O) groups is 1. The second-order valence-corrected chi connectivity index (χ2v) is 9.09. The predicted octanol–water partition coefficient (Wildman–Crippen LogP) is 2.78. The largest absolute Gasteiger partial charge is 0.380 e. The van der Waals surface area contributed by atoms with Gasteiger partial charge in [-0.25, -0.2) is 9.99 Å². The highest BCUT2D eigenvalue weighted by molar-refractivity contribution is 9.10. The van der Waals surface area contributed by atoms with Crippen LogP contribution in [0.5, 0.6) is 0 Å². The second-order valence-electron chi connectivity index (χ2n) is 8.17. The Labute approximate surface area is 206 Å². The van der Waals surface area contributed by atoms with Gasteiger partial charge < -0.3 is 14.8 Å². The molecule has 2 aromatic heterocycles. The lowest BCUT2D eigenvalue weighted by atomic mass is 9.95. The summed E-state index contributed by atoms with van der Waals surface area (Å²) in [5.74, 6) is -0.113. The third-order valence-electron chi connectivity index (χ3n) is 6.09. The van der Waals surface area contributed by atoms with Crippen LogP contribution in [0.4, 0.5) is 11.6 Å². The van der Waals surface area contributed by atoms with Crippen LogP contribution in [-0.4, -0.2) is 76.7 Å². The number of aromatic nitrogens is 4. The fraction of sp³-hybridized carbons (Fsp3) is 0.478. The van der Waals surface area contributed by atoms with Gasteiger partial charge in [0.1, 0.15) is 5.92 Å². The molecule has 0 radical (unpaired) electrons. The average molecular weight is 530 g/mol. The van der Waals surface area contributed by atoms with Crippen LogP contribution in [0.2, 0.25) is 0 Å². The Balaban J connectivity index is 1.63. The highest BCUT2D eigenvalue weighted by atomic mass is 79.9. The molecule has 1 amide bonds. The molecule has 10 nitrogen and oxygen atoms in total. The van der Waals surface area contributed by atoms with Gasteiger partial charge in [-0.15, -0.1) is 0 Å². The minimum Gasteiger partial charge on any atom is -0.380 e. The number of rotatable bonds is 8. The Morgan fingerprint density at radius 2 is 2.09 bits per heavy atom. The van der Waals surface area contributed by atoms with E-state index in [4.69, 9.17) is 24.5 Å². The molecule has 1 N–H and O–H groups in total. The third kappa shape index (κ3) is 4.40. The van der Waals surface area contributed by atoms with Gasteiger partial charge in [0.15, 0.2) is 5.65 Å². The molecule has 0 spiro atoms. The number of nitrogens with zero attached hydrogens (tertiary/aromatic N) is 6. The molecular weight excluding hydrogens is 502 g/mol. The van der Waals surface area contributed by atoms with Gasteiger partial charge in [0, 0.05) is 42.6 Å². The summed E-state index contributed by atoms with van der Waals surface area (Å²) in [7, 11) is 0. The van der Waals surface area contributed by atoms with E-state index in [1.807, 2.05) is 36.0 Å². The number of ether oxygens (including phenoxy) is 2. The molecule has 5 rings (SSSR count). The fourth-order valence-electron chi connectivity index (χ4n) is 4.48. The zero-order valence-corrected chi connectivity index (χ0v) is 20.9. The van der Waals surface area contributed by atoms with Crippen LogP contribution in [0.3, 0.4) is 0 Å². The summed E-state index contributed by atoms with van der Waals surface area (Å²) in [5.41, 5.74) is 2.92. The van der Waals surface area contributed by atoms with Gasteiger partial charge in [-0.1, -0.05) is 15.9 Å². The Morgan fingerprint density at radius 3 is 2.85 bits per heavy atom. The molecule has 1 saturated heterocycles. The first-order valence-electron chi connectivity index (χ1n) is 11.6. The summed E-state index contributed by atoms with van der Waals surface area (Å²) < 4.78 is 13.8. The first-order chi connectivity index (χ1) is 16.6. The topological polar surface area (TPSA) is 97.6 Å². The quantitative estimate of drug-likeness (QED) is 0.445. The van der Waals surface area contributed by atoms with Gasteiger partial charge in [0.2, 0.25) is 11.9 Å². The number of hydrazine groups is 1. The number of fused-ring (bicyclic) bond motifs is 2. The number of halogens is 1. The molecule has 1 atom stereocenters. The number of carbonyl (C=O) groups excluding carboxylic acids is 1. The molecule has 3 aromatic rings. The molecular formula is C23H28BrN7O3. The summed E-state index contributed by atoms with van der Waals surface area (Å²) in [5, 5.41) is 12.7. The van der Waals surface area contributed by atoms with Gasteiger partial charge in [0.05, 0.1) is 37.4 Å². The minimum atomic E-state index is -0.551. The molecule has 34 heavy (non-hydrogen) atoms. The van der Waals surface area contributed by atoms with Crippen molar-refractivity contribution in [1.29, 1.82) is 0 Å². The fourth-order valence-corrected chi connectivity index (χ4v) is 4.86. The van der Waals surface area contributed by atoms with E-state index in [-0.39, 0.29) is 5.91 Å². The summed E-state index contributed by atoms with van der Waals surface area (Å²) in [6, 6.07) is 5.81. The number of benzene rings is 1. The van der Waals surface area contributed by atoms with Crippen LogP contribution >= 0.6 is 15.9 Å². The SMILES string of the molecule is CCOCCn1cc2c(C3C(=O)Nc4ccc(Br)cc43)nc(N(CC)N3CCOCC3)nc2n1. The zero-order valence-electron chi connectivity index (χ0n) is 19.3. The predicted molar refractivity (Wildman–Crippen MR) is 132 cm³/mol. The summed E-state index contributed by atoms with van der Waals surface area (Å²) in [4.78, 5) is 23.0. The molecule has 0 saturated carbocycles. The monoisotopic (exact) mass is 529 g/mol. The van der Waals surface area contributed by atoms with E-state index in [1.54, 1.807) is 0 Å². The van der Waals surface area contributed by atoms with E-state index < -0.39 is 5.92 Å². The highest BCUT2D eigenvalue weighted by Crippen LogP contribution is 2.40. The molecule has 0 bridgehead atoms. The van der Waals surface area contributed by atoms with Crippen LogP contribution in [0.15, 0.2) is 28.9 Å². The normalized spacial score (nSPS) is 18.3. The van der Waals surface area contributed by atoms with Crippen molar-refractivity contribution in [3.8, 4) is 0 Å². The van der Waals surface area contributed by atoms with E-state index in [1.165, 1.54) is 0 Å². The maximum Gasteiger partial charge on any atom is 0.242 e. The number of hydrogen-bond acceptors (Lipinski definition) is 8. The lowest BCUT2D eigenvalue weighted by molar-refractivity contribution is -0.116. The molecule has 180 valence electrons. The Morgan fingerprint density at radius 1 is 1.26 bits per heavy atom.